The number of aryl methyl sites for hydroxylation is 1. The standard InChI is InChI=1S/C15H28N4OS.HI/c1-12(2)10-20-9-5-7-17-15(16-4)18-8-6-14-11-21-13(3)19-14;/h11-12H,5-10H2,1-4H3,(H2,16,17,18);1H. The van der Waals surface area contributed by atoms with E-state index in [1.165, 1.54) is 0 Å². The highest BCUT2D eigenvalue weighted by Crippen LogP contribution is 2.07. The Balaban J connectivity index is 0.00000441. The van der Waals surface area contributed by atoms with Gasteiger partial charge in [0.15, 0.2) is 5.96 Å². The van der Waals surface area contributed by atoms with Crippen LogP contribution in [0.15, 0.2) is 10.4 Å². The number of nitrogens with zero attached hydrogens (tertiary/aromatic N) is 2. The average molecular weight is 440 g/mol. The molecule has 2 N–H and O–H groups in total. The van der Waals surface area contributed by atoms with Gasteiger partial charge in [0.1, 0.15) is 0 Å². The molecule has 7 heteroatoms. The number of nitrogens with one attached hydrogen (secondary N) is 2. The van der Waals surface area contributed by atoms with Gasteiger partial charge in [0, 0.05) is 45.2 Å². The fourth-order valence-electron chi connectivity index (χ4n) is 1.75. The lowest BCUT2D eigenvalue weighted by atomic mass is 10.2. The van der Waals surface area contributed by atoms with Gasteiger partial charge in [-0.3, -0.25) is 4.99 Å². The summed E-state index contributed by atoms with van der Waals surface area (Å²) in [4.78, 5) is 8.65. The minimum atomic E-state index is 0. The zero-order valence-corrected chi connectivity index (χ0v) is 17.2. The molecule has 0 spiro atoms. The van der Waals surface area contributed by atoms with E-state index in [2.05, 4.69) is 39.8 Å². The summed E-state index contributed by atoms with van der Waals surface area (Å²) in [6.07, 6.45) is 1.90. The van der Waals surface area contributed by atoms with Crippen LogP contribution in [-0.2, 0) is 11.2 Å². The van der Waals surface area contributed by atoms with E-state index in [0.717, 1.165) is 55.8 Å². The van der Waals surface area contributed by atoms with Crippen molar-refractivity contribution < 1.29 is 4.74 Å². The van der Waals surface area contributed by atoms with Gasteiger partial charge in [-0.15, -0.1) is 35.3 Å². The first-order chi connectivity index (χ1) is 10.1. The molecule has 5 nitrogen and oxygen atoms in total. The number of aromatic nitrogens is 1. The highest BCUT2D eigenvalue weighted by atomic mass is 127. The smallest absolute Gasteiger partial charge is 0.190 e. The van der Waals surface area contributed by atoms with Crippen LogP contribution in [0.2, 0.25) is 0 Å². The Bertz CT molecular complexity index is 423. The van der Waals surface area contributed by atoms with E-state index in [-0.39, 0.29) is 24.0 Å². The summed E-state index contributed by atoms with van der Waals surface area (Å²) in [5.74, 6) is 1.44. The Hall–Kier alpha value is -0.410. The van der Waals surface area contributed by atoms with Crippen LogP contribution in [0.5, 0.6) is 0 Å². The van der Waals surface area contributed by atoms with Gasteiger partial charge in [0.25, 0.3) is 0 Å². The molecular weight excluding hydrogens is 411 g/mol. The summed E-state index contributed by atoms with van der Waals surface area (Å²) in [6, 6.07) is 0. The van der Waals surface area contributed by atoms with E-state index in [1.54, 1.807) is 18.4 Å². The number of guanidine groups is 1. The van der Waals surface area contributed by atoms with E-state index >= 15 is 0 Å². The topological polar surface area (TPSA) is 58.5 Å². The molecule has 1 aromatic rings. The fraction of sp³-hybridized carbons (Fsp3) is 0.733. The lowest BCUT2D eigenvalue weighted by Crippen LogP contribution is -2.39. The molecule has 0 unspecified atom stereocenters. The highest BCUT2D eigenvalue weighted by Gasteiger charge is 2.00. The lowest BCUT2D eigenvalue weighted by Gasteiger charge is -2.12. The van der Waals surface area contributed by atoms with Gasteiger partial charge >= 0.3 is 0 Å². The third kappa shape index (κ3) is 10.3. The first kappa shape index (κ1) is 21.6. The fourth-order valence-corrected chi connectivity index (χ4v) is 2.40. The maximum atomic E-state index is 5.54. The van der Waals surface area contributed by atoms with Crippen molar-refractivity contribution in [3.8, 4) is 0 Å². The molecule has 128 valence electrons. The van der Waals surface area contributed by atoms with Gasteiger partial charge in [-0.1, -0.05) is 13.8 Å². The monoisotopic (exact) mass is 440 g/mol. The third-order valence-electron chi connectivity index (χ3n) is 2.77. The van der Waals surface area contributed by atoms with Crippen molar-refractivity contribution in [2.45, 2.75) is 33.6 Å². The first-order valence-electron chi connectivity index (χ1n) is 7.55. The second-order valence-corrected chi connectivity index (χ2v) is 6.42. The molecule has 1 heterocycles. The zero-order valence-electron chi connectivity index (χ0n) is 14.0. The average Bonchev–Trinajstić information content (AvgIpc) is 2.86. The molecule has 0 aliphatic rings. The maximum Gasteiger partial charge on any atom is 0.190 e. The molecule has 0 bridgehead atoms. The number of thiazole rings is 1. The molecular formula is C15H29IN4OS. The molecule has 0 aromatic carbocycles. The van der Waals surface area contributed by atoms with Gasteiger partial charge in [-0.05, 0) is 19.3 Å². The summed E-state index contributed by atoms with van der Waals surface area (Å²) in [7, 11) is 1.79. The maximum absolute atomic E-state index is 5.54. The van der Waals surface area contributed by atoms with Crippen LogP contribution in [0.4, 0.5) is 0 Å². The number of aliphatic imine (C=N–C) groups is 1. The normalized spacial score (nSPS) is 11.4. The Morgan fingerprint density at radius 3 is 2.68 bits per heavy atom. The quantitative estimate of drug-likeness (QED) is 0.268. The highest BCUT2D eigenvalue weighted by molar-refractivity contribution is 14.0. The summed E-state index contributed by atoms with van der Waals surface area (Å²) >= 11 is 1.69. The Kier molecular flexibility index (Phi) is 12.8. The summed E-state index contributed by atoms with van der Waals surface area (Å²) < 4.78 is 5.54. The van der Waals surface area contributed by atoms with E-state index in [0.29, 0.717) is 5.92 Å². The Morgan fingerprint density at radius 1 is 1.36 bits per heavy atom. The van der Waals surface area contributed by atoms with E-state index in [1.807, 2.05) is 6.92 Å². The van der Waals surface area contributed by atoms with Crippen molar-refractivity contribution in [1.82, 2.24) is 15.6 Å². The van der Waals surface area contributed by atoms with Crippen LogP contribution in [0.25, 0.3) is 0 Å². The number of halogens is 1. The van der Waals surface area contributed by atoms with Crippen molar-refractivity contribution in [2.24, 2.45) is 10.9 Å². The predicted molar refractivity (Wildman–Crippen MR) is 106 cm³/mol. The van der Waals surface area contributed by atoms with Crippen LogP contribution in [-0.4, -0.2) is 44.3 Å². The van der Waals surface area contributed by atoms with Crippen LogP contribution >= 0.6 is 35.3 Å². The zero-order chi connectivity index (χ0) is 15.5. The van der Waals surface area contributed by atoms with Crippen LogP contribution in [0.1, 0.15) is 31.0 Å². The van der Waals surface area contributed by atoms with Gasteiger partial charge < -0.3 is 15.4 Å². The van der Waals surface area contributed by atoms with Gasteiger partial charge in [-0.2, -0.15) is 0 Å². The lowest BCUT2D eigenvalue weighted by molar-refractivity contribution is 0.108. The molecule has 22 heavy (non-hydrogen) atoms. The Labute approximate surface area is 155 Å². The van der Waals surface area contributed by atoms with E-state index in [9.17, 15) is 0 Å². The van der Waals surface area contributed by atoms with Crippen molar-refractivity contribution in [2.75, 3.05) is 33.4 Å². The predicted octanol–water partition coefficient (Wildman–Crippen LogP) is 2.84. The number of ether oxygens (including phenoxy) is 1. The second-order valence-electron chi connectivity index (χ2n) is 5.36. The SMILES string of the molecule is CN=C(NCCCOCC(C)C)NCCc1csc(C)n1.I. The van der Waals surface area contributed by atoms with Crippen LogP contribution in [0.3, 0.4) is 0 Å². The first-order valence-corrected chi connectivity index (χ1v) is 8.43. The molecule has 0 atom stereocenters. The molecule has 0 aliphatic heterocycles. The summed E-state index contributed by atoms with van der Waals surface area (Å²) in [5.41, 5.74) is 1.14. The van der Waals surface area contributed by atoms with Gasteiger partial charge in [0.05, 0.1) is 10.7 Å². The molecule has 1 rings (SSSR count). The number of hydrogen-bond acceptors (Lipinski definition) is 4. The second kappa shape index (κ2) is 13.1. The molecule has 0 aliphatic carbocycles. The van der Waals surface area contributed by atoms with E-state index in [4.69, 9.17) is 4.74 Å². The van der Waals surface area contributed by atoms with Crippen molar-refractivity contribution >= 4 is 41.3 Å². The summed E-state index contributed by atoms with van der Waals surface area (Å²) in [5, 5.41) is 9.82. The Morgan fingerprint density at radius 2 is 2.09 bits per heavy atom. The minimum absolute atomic E-state index is 0. The number of rotatable bonds is 9. The molecule has 1 aromatic heterocycles. The molecule has 0 amide bonds. The van der Waals surface area contributed by atoms with E-state index < -0.39 is 0 Å². The van der Waals surface area contributed by atoms with Crippen LogP contribution < -0.4 is 10.6 Å². The van der Waals surface area contributed by atoms with Crippen molar-refractivity contribution in [1.29, 1.82) is 0 Å². The van der Waals surface area contributed by atoms with Crippen molar-refractivity contribution in [3.05, 3.63) is 16.1 Å². The van der Waals surface area contributed by atoms with Crippen molar-refractivity contribution in [3.63, 3.8) is 0 Å². The number of hydrogen-bond donors (Lipinski definition) is 2. The van der Waals surface area contributed by atoms with Gasteiger partial charge in [-0.25, -0.2) is 4.98 Å². The summed E-state index contributed by atoms with van der Waals surface area (Å²) in [6.45, 7) is 9.69. The third-order valence-corrected chi connectivity index (χ3v) is 3.60. The van der Waals surface area contributed by atoms with Crippen LogP contribution in [0, 0.1) is 12.8 Å². The molecule has 0 radical (unpaired) electrons. The molecule has 0 fully saturated rings. The molecule has 0 saturated heterocycles. The largest absolute Gasteiger partial charge is 0.381 e. The minimum Gasteiger partial charge on any atom is -0.381 e. The van der Waals surface area contributed by atoms with Gasteiger partial charge in [0.2, 0.25) is 0 Å². The molecule has 0 saturated carbocycles.